The molecule has 0 bridgehead atoms. The Balaban J connectivity index is 1.58. The maximum atomic E-state index is 12.6. The van der Waals surface area contributed by atoms with E-state index in [1.54, 1.807) is 0 Å². The summed E-state index contributed by atoms with van der Waals surface area (Å²) in [7, 11) is 4.14. The molecular formula is C14H25N3O2. The Morgan fingerprint density at radius 3 is 2.63 bits per heavy atom. The number of rotatable bonds is 1. The second-order valence-electron chi connectivity index (χ2n) is 6.24. The van der Waals surface area contributed by atoms with Crippen LogP contribution in [0.2, 0.25) is 0 Å². The first-order valence-electron chi connectivity index (χ1n) is 7.46. The fourth-order valence-corrected chi connectivity index (χ4v) is 3.78. The largest absolute Gasteiger partial charge is 0.381 e. The molecule has 3 saturated heterocycles. The zero-order valence-electron chi connectivity index (χ0n) is 12.0. The van der Waals surface area contributed by atoms with Crippen LogP contribution in [0.5, 0.6) is 0 Å². The van der Waals surface area contributed by atoms with Crippen LogP contribution in [0.1, 0.15) is 19.3 Å². The van der Waals surface area contributed by atoms with Crippen molar-refractivity contribution in [2.45, 2.75) is 31.3 Å². The van der Waals surface area contributed by atoms with Gasteiger partial charge in [0.25, 0.3) is 0 Å². The van der Waals surface area contributed by atoms with Gasteiger partial charge in [0, 0.05) is 45.4 Å². The molecule has 2 amide bonds. The summed E-state index contributed by atoms with van der Waals surface area (Å²) in [5.74, 6) is 0.692. The first kappa shape index (κ1) is 13.2. The summed E-state index contributed by atoms with van der Waals surface area (Å²) < 4.78 is 5.37. The van der Waals surface area contributed by atoms with Crippen LogP contribution in [-0.4, -0.2) is 79.8 Å². The van der Waals surface area contributed by atoms with E-state index in [-0.39, 0.29) is 6.03 Å². The minimum atomic E-state index is 0.217. The molecule has 3 aliphatic heterocycles. The van der Waals surface area contributed by atoms with Gasteiger partial charge in [0.15, 0.2) is 0 Å². The number of amides is 2. The summed E-state index contributed by atoms with van der Waals surface area (Å²) in [5, 5.41) is 0. The van der Waals surface area contributed by atoms with E-state index >= 15 is 0 Å². The molecule has 0 saturated carbocycles. The van der Waals surface area contributed by atoms with Crippen molar-refractivity contribution in [2.75, 3.05) is 46.9 Å². The van der Waals surface area contributed by atoms with Crippen LogP contribution < -0.4 is 0 Å². The lowest BCUT2D eigenvalue weighted by Gasteiger charge is -2.34. The Labute approximate surface area is 115 Å². The monoisotopic (exact) mass is 267 g/mol. The fourth-order valence-electron chi connectivity index (χ4n) is 3.78. The number of likely N-dealkylation sites (N-methyl/N-ethyl adjacent to an activating group) is 1. The number of carbonyl (C=O) groups excluding carboxylic acids is 1. The van der Waals surface area contributed by atoms with Crippen LogP contribution in [0.4, 0.5) is 4.79 Å². The molecule has 0 radical (unpaired) electrons. The Hall–Kier alpha value is -0.810. The van der Waals surface area contributed by atoms with Gasteiger partial charge in [-0.15, -0.1) is 0 Å². The summed E-state index contributed by atoms with van der Waals surface area (Å²) in [6, 6.07) is 1.17. The molecule has 19 heavy (non-hydrogen) atoms. The molecule has 0 aromatic heterocycles. The lowest BCUT2D eigenvalue weighted by Crippen LogP contribution is -2.48. The number of likely N-dealkylation sites (tertiary alicyclic amines) is 2. The standard InChI is InChI=1S/C14H25N3O2/c1-15-6-3-11-9-17(10-13(11)15)14(18)16(2)12-4-7-19-8-5-12/h11-13H,3-10H2,1-2H3/t11-,13+/m0/s1. The summed E-state index contributed by atoms with van der Waals surface area (Å²) >= 11 is 0. The molecule has 0 N–H and O–H groups in total. The summed E-state index contributed by atoms with van der Waals surface area (Å²) in [6.45, 7) is 4.62. The molecule has 108 valence electrons. The van der Waals surface area contributed by atoms with E-state index in [9.17, 15) is 4.79 Å². The van der Waals surface area contributed by atoms with Crippen molar-refractivity contribution in [3.05, 3.63) is 0 Å². The highest BCUT2D eigenvalue weighted by Crippen LogP contribution is 2.31. The molecule has 3 heterocycles. The van der Waals surface area contributed by atoms with Crippen LogP contribution in [0.3, 0.4) is 0 Å². The average molecular weight is 267 g/mol. The third-order valence-corrected chi connectivity index (χ3v) is 5.14. The molecule has 0 aromatic carbocycles. The van der Waals surface area contributed by atoms with E-state index < -0.39 is 0 Å². The number of urea groups is 1. The van der Waals surface area contributed by atoms with Crippen LogP contribution in [0.15, 0.2) is 0 Å². The van der Waals surface area contributed by atoms with Gasteiger partial charge in [-0.3, -0.25) is 0 Å². The number of carbonyl (C=O) groups is 1. The van der Waals surface area contributed by atoms with E-state index in [1.165, 1.54) is 13.0 Å². The smallest absolute Gasteiger partial charge is 0.320 e. The van der Waals surface area contributed by atoms with Gasteiger partial charge in [0.05, 0.1) is 0 Å². The second kappa shape index (κ2) is 5.29. The van der Waals surface area contributed by atoms with Crippen LogP contribution in [-0.2, 0) is 4.74 Å². The second-order valence-corrected chi connectivity index (χ2v) is 6.24. The topological polar surface area (TPSA) is 36.0 Å². The van der Waals surface area contributed by atoms with Crippen molar-refractivity contribution in [3.63, 3.8) is 0 Å². The van der Waals surface area contributed by atoms with Crippen LogP contribution in [0, 0.1) is 5.92 Å². The van der Waals surface area contributed by atoms with Gasteiger partial charge < -0.3 is 19.4 Å². The van der Waals surface area contributed by atoms with Gasteiger partial charge in [-0.25, -0.2) is 4.79 Å². The SMILES string of the molecule is CN(C(=O)N1C[C@@H]2CCN(C)[C@@H]2C1)C1CCOCC1. The number of hydrogen-bond donors (Lipinski definition) is 0. The minimum Gasteiger partial charge on any atom is -0.381 e. The molecule has 3 fully saturated rings. The maximum absolute atomic E-state index is 12.6. The highest BCUT2D eigenvalue weighted by atomic mass is 16.5. The molecule has 5 nitrogen and oxygen atoms in total. The summed E-state index contributed by atoms with van der Waals surface area (Å²) in [6.07, 6.45) is 3.19. The van der Waals surface area contributed by atoms with Gasteiger partial charge in [-0.05, 0) is 38.8 Å². The lowest BCUT2D eigenvalue weighted by atomic mass is 10.1. The highest BCUT2D eigenvalue weighted by molar-refractivity contribution is 5.75. The van der Waals surface area contributed by atoms with Crippen molar-refractivity contribution in [3.8, 4) is 0 Å². The maximum Gasteiger partial charge on any atom is 0.320 e. The molecule has 0 unspecified atom stereocenters. The van der Waals surface area contributed by atoms with Crippen molar-refractivity contribution in [1.29, 1.82) is 0 Å². The summed E-state index contributed by atoms with van der Waals surface area (Å²) in [5.41, 5.74) is 0. The average Bonchev–Trinajstić information content (AvgIpc) is 3.01. The zero-order valence-corrected chi connectivity index (χ0v) is 12.0. The van der Waals surface area contributed by atoms with Crippen LogP contribution in [0.25, 0.3) is 0 Å². The molecule has 5 heteroatoms. The molecule has 0 aliphatic carbocycles. The Kier molecular flexibility index (Phi) is 3.67. The number of nitrogens with zero attached hydrogens (tertiary/aromatic N) is 3. The van der Waals surface area contributed by atoms with Crippen molar-refractivity contribution in [2.24, 2.45) is 5.92 Å². The van der Waals surface area contributed by atoms with E-state index in [0.29, 0.717) is 18.0 Å². The highest BCUT2D eigenvalue weighted by Gasteiger charge is 2.42. The predicted molar refractivity (Wildman–Crippen MR) is 73.1 cm³/mol. The normalized spacial score (nSPS) is 32.6. The van der Waals surface area contributed by atoms with Crippen molar-refractivity contribution < 1.29 is 9.53 Å². The molecule has 0 aromatic rings. The Morgan fingerprint density at radius 1 is 1.21 bits per heavy atom. The molecule has 3 aliphatic rings. The van der Waals surface area contributed by atoms with E-state index in [4.69, 9.17) is 4.74 Å². The Bertz CT molecular complexity index is 344. The number of ether oxygens (including phenoxy) is 1. The van der Waals surface area contributed by atoms with Gasteiger partial charge in [-0.1, -0.05) is 0 Å². The predicted octanol–water partition coefficient (Wildman–Crippen LogP) is 0.853. The number of fused-ring (bicyclic) bond motifs is 1. The van der Waals surface area contributed by atoms with E-state index in [2.05, 4.69) is 16.8 Å². The van der Waals surface area contributed by atoms with Crippen molar-refractivity contribution >= 4 is 6.03 Å². The lowest BCUT2D eigenvalue weighted by molar-refractivity contribution is 0.0471. The molecular weight excluding hydrogens is 242 g/mol. The van der Waals surface area contributed by atoms with Crippen molar-refractivity contribution in [1.82, 2.24) is 14.7 Å². The molecule has 3 rings (SSSR count). The Morgan fingerprint density at radius 2 is 1.95 bits per heavy atom. The third-order valence-electron chi connectivity index (χ3n) is 5.14. The van der Waals surface area contributed by atoms with E-state index in [0.717, 1.165) is 39.1 Å². The number of hydrogen-bond acceptors (Lipinski definition) is 3. The first-order valence-corrected chi connectivity index (χ1v) is 7.46. The van der Waals surface area contributed by atoms with E-state index in [1.807, 2.05) is 11.9 Å². The third kappa shape index (κ3) is 2.46. The zero-order chi connectivity index (χ0) is 13.4. The quantitative estimate of drug-likeness (QED) is 0.707. The molecule has 0 spiro atoms. The van der Waals surface area contributed by atoms with Gasteiger partial charge >= 0.3 is 6.03 Å². The first-order chi connectivity index (χ1) is 9.16. The fraction of sp³-hybridized carbons (Fsp3) is 0.929. The van der Waals surface area contributed by atoms with Gasteiger partial charge in [0.2, 0.25) is 0 Å². The van der Waals surface area contributed by atoms with Gasteiger partial charge in [0.1, 0.15) is 0 Å². The molecule has 2 atom stereocenters. The minimum absolute atomic E-state index is 0.217. The van der Waals surface area contributed by atoms with Gasteiger partial charge in [-0.2, -0.15) is 0 Å². The summed E-state index contributed by atoms with van der Waals surface area (Å²) in [4.78, 5) is 19.0. The van der Waals surface area contributed by atoms with Crippen LogP contribution >= 0.6 is 0 Å².